The largest absolute Gasteiger partial charge is 0.497 e. The van der Waals surface area contributed by atoms with Crippen molar-refractivity contribution in [1.82, 2.24) is 10.4 Å². The minimum absolute atomic E-state index is 0.244. The third-order valence-corrected chi connectivity index (χ3v) is 7.10. The normalized spacial score (nSPS) is 11.0. The molecule has 5 rings (SSSR count). The SMILES string of the molecule is CCc1cccc2c(-c3ccccc3Cl)c(C(=O)NN=Cc3ccc(OC(=O)c4ccc(OC)cc4)c(OC)c3)[nH]c12. The van der Waals surface area contributed by atoms with Crippen molar-refractivity contribution in [3.8, 4) is 28.4 Å². The van der Waals surface area contributed by atoms with Crippen molar-refractivity contribution >= 4 is 40.6 Å². The van der Waals surface area contributed by atoms with E-state index >= 15 is 0 Å². The Morgan fingerprint density at radius 1 is 0.929 bits per heavy atom. The molecule has 0 unspecified atom stereocenters. The highest BCUT2D eigenvalue weighted by atomic mass is 35.5. The Balaban J connectivity index is 1.36. The number of aromatic amines is 1. The number of benzene rings is 4. The summed E-state index contributed by atoms with van der Waals surface area (Å²) in [6.45, 7) is 2.06. The van der Waals surface area contributed by atoms with Crippen molar-refractivity contribution in [3.63, 3.8) is 0 Å². The minimum atomic E-state index is -0.538. The first-order valence-corrected chi connectivity index (χ1v) is 13.6. The fraction of sp³-hybridized carbons (Fsp3) is 0.121. The number of nitrogens with zero attached hydrogens (tertiary/aromatic N) is 1. The van der Waals surface area contributed by atoms with E-state index < -0.39 is 11.9 Å². The summed E-state index contributed by atoms with van der Waals surface area (Å²) in [5.74, 6) is 0.250. The number of nitrogens with one attached hydrogen (secondary N) is 2. The van der Waals surface area contributed by atoms with Gasteiger partial charge in [0.1, 0.15) is 11.4 Å². The summed E-state index contributed by atoms with van der Waals surface area (Å²) >= 11 is 6.55. The number of esters is 1. The molecule has 0 saturated heterocycles. The molecule has 0 atom stereocenters. The van der Waals surface area contributed by atoms with Crippen molar-refractivity contribution in [2.45, 2.75) is 13.3 Å². The van der Waals surface area contributed by atoms with Crippen LogP contribution in [0.4, 0.5) is 0 Å². The summed E-state index contributed by atoms with van der Waals surface area (Å²) in [6.07, 6.45) is 2.27. The van der Waals surface area contributed by atoms with Crippen molar-refractivity contribution in [2.24, 2.45) is 5.10 Å². The standard InChI is InChI=1S/C33H28ClN3O5/c1-4-21-8-7-10-25-29(24-9-5-6-11-26(24)34)31(36-30(21)25)32(38)37-35-19-20-12-17-27(28(18-20)41-3)42-33(39)22-13-15-23(40-2)16-14-22/h5-19,36H,4H2,1-3H3,(H,37,38). The molecular weight excluding hydrogens is 554 g/mol. The first-order valence-electron chi connectivity index (χ1n) is 13.2. The number of carbonyl (C=O) groups excluding carboxylic acids is 2. The van der Waals surface area contributed by atoms with Gasteiger partial charge >= 0.3 is 5.97 Å². The Hall–Kier alpha value is -5.08. The van der Waals surface area contributed by atoms with Gasteiger partial charge in [-0.2, -0.15) is 5.10 Å². The minimum Gasteiger partial charge on any atom is -0.497 e. The van der Waals surface area contributed by atoms with Gasteiger partial charge in [-0.1, -0.05) is 54.9 Å². The van der Waals surface area contributed by atoms with Gasteiger partial charge in [0, 0.05) is 27.1 Å². The van der Waals surface area contributed by atoms with Crippen LogP contribution >= 0.6 is 11.6 Å². The van der Waals surface area contributed by atoms with Gasteiger partial charge in [0.05, 0.1) is 26.0 Å². The maximum atomic E-state index is 13.4. The van der Waals surface area contributed by atoms with Gasteiger partial charge in [-0.3, -0.25) is 4.79 Å². The quantitative estimate of drug-likeness (QED) is 0.0840. The fourth-order valence-electron chi connectivity index (χ4n) is 4.64. The van der Waals surface area contributed by atoms with E-state index in [2.05, 4.69) is 22.4 Å². The highest BCUT2D eigenvalue weighted by Gasteiger charge is 2.22. The summed E-state index contributed by atoms with van der Waals surface area (Å²) < 4.78 is 16.1. The van der Waals surface area contributed by atoms with E-state index in [-0.39, 0.29) is 5.75 Å². The Morgan fingerprint density at radius 2 is 1.71 bits per heavy atom. The zero-order valence-electron chi connectivity index (χ0n) is 23.2. The molecule has 0 aliphatic carbocycles. The monoisotopic (exact) mass is 581 g/mol. The Bertz CT molecular complexity index is 1790. The second kappa shape index (κ2) is 12.6. The molecule has 0 saturated carbocycles. The van der Waals surface area contributed by atoms with Crippen LogP contribution in [-0.4, -0.2) is 37.3 Å². The topological polar surface area (TPSA) is 102 Å². The van der Waals surface area contributed by atoms with Crippen molar-refractivity contribution in [3.05, 3.63) is 112 Å². The third kappa shape index (κ3) is 5.84. The highest BCUT2D eigenvalue weighted by Crippen LogP contribution is 2.37. The maximum absolute atomic E-state index is 13.4. The van der Waals surface area contributed by atoms with Crippen LogP contribution < -0.4 is 19.6 Å². The molecule has 1 amide bonds. The lowest BCUT2D eigenvalue weighted by molar-refractivity contribution is 0.0729. The number of hydrazone groups is 1. The number of halogens is 1. The smallest absolute Gasteiger partial charge is 0.343 e. The number of aromatic nitrogens is 1. The van der Waals surface area contributed by atoms with E-state index in [1.54, 1.807) is 55.6 Å². The second-order valence-corrected chi connectivity index (χ2v) is 9.68. The second-order valence-electron chi connectivity index (χ2n) is 9.28. The van der Waals surface area contributed by atoms with Crippen LogP contribution in [0, 0.1) is 0 Å². The Labute approximate surface area is 247 Å². The molecule has 212 valence electrons. The Morgan fingerprint density at radius 3 is 2.43 bits per heavy atom. The lowest BCUT2D eigenvalue weighted by Crippen LogP contribution is -2.19. The summed E-state index contributed by atoms with van der Waals surface area (Å²) in [5, 5.41) is 5.61. The molecule has 8 nitrogen and oxygen atoms in total. The first kappa shape index (κ1) is 28.4. The van der Waals surface area contributed by atoms with E-state index in [1.807, 2.05) is 36.4 Å². The number of hydrogen-bond donors (Lipinski definition) is 2. The molecule has 42 heavy (non-hydrogen) atoms. The maximum Gasteiger partial charge on any atom is 0.343 e. The zero-order valence-corrected chi connectivity index (χ0v) is 24.0. The molecule has 0 radical (unpaired) electrons. The molecule has 1 heterocycles. The number of amides is 1. The number of H-pyrrole nitrogens is 1. The number of ether oxygens (including phenoxy) is 3. The van der Waals surface area contributed by atoms with E-state index in [4.69, 9.17) is 25.8 Å². The average Bonchev–Trinajstić information content (AvgIpc) is 3.41. The van der Waals surface area contributed by atoms with Crippen LogP contribution in [0.25, 0.3) is 22.0 Å². The van der Waals surface area contributed by atoms with Gasteiger partial charge in [0.15, 0.2) is 11.5 Å². The van der Waals surface area contributed by atoms with Gasteiger partial charge in [0.2, 0.25) is 0 Å². The zero-order chi connectivity index (χ0) is 29.6. The Kier molecular flexibility index (Phi) is 8.55. The molecule has 2 N–H and O–H groups in total. The van der Waals surface area contributed by atoms with Gasteiger partial charge in [-0.05, 0) is 66.1 Å². The van der Waals surface area contributed by atoms with E-state index in [9.17, 15) is 9.59 Å². The molecule has 0 fully saturated rings. The van der Waals surface area contributed by atoms with Crippen molar-refractivity contribution < 1.29 is 23.8 Å². The molecule has 0 aliphatic rings. The number of para-hydroxylation sites is 1. The van der Waals surface area contributed by atoms with Gasteiger partial charge in [0.25, 0.3) is 5.91 Å². The molecule has 4 aromatic carbocycles. The molecule has 0 aliphatic heterocycles. The van der Waals surface area contributed by atoms with Crippen LogP contribution in [0.1, 0.15) is 38.9 Å². The first-order chi connectivity index (χ1) is 20.4. The molecule has 1 aromatic heterocycles. The predicted molar refractivity (Wildman–Crippen MR) is 164 cm³/mol. The van der Waals surface area contributed by atoms with Crippen molar-refractivity contribution in [2.75, 3.05) is 14.2 Å². The molecule has 0 bridgehead atoms. The van der Waals surface area contributed by atoms with Crippen LogP contribution in [0.3, 0.4) is 0 Å². The van der Waals surface area contributed by atoms with Gasteiger partial charge in [-0.15, -0.1) is 0 Å². The lowest BCUT2D eigenvalue weighted by atomic mass is 9.99. The van der Waals surface area contributed by atoms with Crippen LogP contribution in [0.15, 0.2) is 90.0 Å². The number of hydrogen-bond acceptors (Lipinski definition) is 6. The summed E-state index contributed by atoms with van der Waals surface area (Å²) in [6, 6.07) is 24.9. The van der Waals surface area contributed by atoms with Crippen LogP contribution in [0.5, 0.6) is 17.2 Å². The number of aryl methyl sites for hydroxylation is 1. The number of fused-ring (bicyclic) bond motifs is 1. The van der Waals surface area contributed by atoms with Gasteiger partial charge < -0.3 is 19.2 Å². The van der Waals surface area contributed by atoms with Crippen LogP contribution in [0.2, 0.25) is 5.02 Å². The molecule has 9 heteroatoms. The molecule has 5 aromatic rings. The highest BCUT2D eigenvalue weighted by molar-refractivity contribution is 6.34. The fourth-order valence-corrected chi connectivity index (χ4v) is 4.87. The van der Waals surface area contributed by atoms with E-state index in [0.717, 1.165) is 28.5 Å². The summed E-state index contributed by atoms with van der Waals surface area (Å²) in [7, 11) is 3.02. The van der Waals surface area contributed by atoms with Gasteiger partial charge in [-0.25, -0.2) is 10.2 Å². The van der Waals surface area contributed by atoms with Crippen LogP contribution in [-0.2, 0) is 6.42 Å². The summed E-state index contributed by atoms with van der Waals surface area (Å²) in [5.41, 5.74) is 7.38. The van der Waals surface area contributed by atoms with E-state index in [0.29, 0.717) is 38.9 Å². The van der Waals surface area contributed by atoms with Crippen molar-refractivity contribution in [1.29, 1.82) is 0 Å². The molecule has 0 spiro atoms. The number of methoxy groups -OCH3 is 2. The number of carbonyl (C=O) groups is 2. The predicted octanol–water partition coefficient (Wildman–Crippen LogP) is 7.05. The average molecular weight is 582 g/mol. The third-order valence-electron chi connectivity index (χ3n) is 6.77. The lowest BCUT2D eigenvalue weighted by Gasteiger charge is -2.10. The summed E-state index contributed by atoms with van der Waals surface area (Å²) in [4.78, 5) is 29.3. The molecular formula is C33H28ClN3O5. The number of rotatable bonds is 9. The van der Waals surface area contributed by atoms with E-state index in [1.165, 1.54) is 13.3 Å².